The lowest BCUT2D eigenvalue weighted by atomic mass is 9.55. The lowest BCUT2D eigenvalue weighted by Crippen LogP contribution is -2.62. The van der Waals surface area contributed by atoms with Crippen molar-refractivity contribution in [1.82, 2.24) is 4.90 Å². The Hall–Kier alpha value is -0.610. The van der Waals surface area contributed by atoms with Gasteiger partial charge < -0.3 is 9.47 Å². The van der Waals surface area contributed by atoms with Gasteiger partial charge in [0.05, 0.1) is 25.2 Å². The molecule has 5 rings (SSSR count). The largest absolute Gasteiger partial charge is 0.469 e. The Kier molecular flexibility index (Phi) is 3.08. The van der Waals surface area contributed by atoms with E-state index in [4.69, 9.17) is 9.47 Å². The first-order chi connectivity index (χ1) is 9.73. The molecule has 3 saturated heterocycles. The first kappa shape index (κ1) is 13.1. The summed E-state index contributed by atoms with van der Waals surface area (Å²) in [6, 6.07) is 0.650. The van der Waals surface area contributed by atoms with Gasteiger partial charge in [0, 0.05) is 18.5 Å². The van der Waals surface area contributed by atoms with Crippen molar-refractivity contribution in [2.45, 2.75) is 50.2 Å². The molecule has 2 bridgehead atoms. The molecule has 0 N–H and O–H groups in total. The summed E-state index contributed by atoms with van der Waals surface area (Å²) in [5.74, 6) is 1.60. The van der Waals surface area contributed by atoms with Crippen LogP contribution in [0.25, 0.3) is 0 Å². The number of hydrogen-bond donors (Lipinski definition) is 0. The molecule has 5 unspecified atom stereocenters. The number of carbonyl (C=O) groups is 1. The maximum Gasteiger partial charge on any atom is 0.309 e. The molecule has 112 valence electrons. The van der Waals surface area contributed by atoms with Gasteiger partial charge in [-0.05, 0) is 51.0 Å². The van der Waals surface area contributed by atoms with Crippen LogP contribution in [0.4, 0.5) is 0 Å². The molecule has 2 aliphatic carbocycles. The van der Waals surface area contributed by atoms with Gasteiger partial charge in [-0.1, -0.05) is 0 Å². The van der Waals surface area contributed by atoms with Crippen molar-refractivity contribution in [2.75, 3.05) is 26.8 Å². The first-order valence-corrected chi connectivity index (χ1v) is 8.19. The van der Waals surface area contributed by atoms with E-state index in [1.165, 1.54) is 32.8 Å². The van der Waals surface area contributed by atoms with E-state index in [2.05, 4.69) is 4.90 Å². The molecule has 4 nitrogen and oxygen atoms in total. The summed E-state index contributed by atoms with van der Waals surface area (Å²) in [4.78, 5) is 14.4. The van der Waals surface area contributed by atoms with Gasteiger partial charge in [0.15, 0.2) is 0 Å². The number of rotatable bonds is 2. The predicted molar refractivity (Wildman–Crippen MR) is 74.2 cm³/mol. The second-order valence-electron chi connectivity index (χ2n) is 7.18. The van der Waals surface area contributed by atoms with Crippen LogP contribution in [0.15, 0.2) is 0 Å². The molecule has 5 fully saturated rings. The third-order valence-corrected chi connectivity index (χ3v) is 6.28. The van der Waals surface area contributed by atoms with E-state index in [0.29, 0.717) is 6.04 Å². The Labute approximate surface area is 120 Å². The minimum Gasteiger partial charge on any atom is -0.469 e. The van der Waals surface area contributed by atoms with Crippen molar-refractivity contribution < 1.29 is 14.3 Å². The smallest absolute Gasteiger partial charge is 0.309 e. The highest BCUT2D eigenvalue weighted by Crippen LogP contribution is 2.61. The van der Waals surface area contributed by atoms with E-state index >= 15 is 0 Å². The Balaban J connectivity index is 1.48. The molecule has 0 aromatic heterocycles. The van der Waals surface area contributed by atoms with Crippen molar-refractivity contribution >= 4 is 5.97 Å². The number of esters is 1. The van der Waals surface area contributed by atoms with Crippen LogP contribution in [0.3, 0.4) is 0 Å². The van der Waals surface area contributed by atoms with Crippen LogP contribution in [0, 0.1) is 17.8 Å². The zero-order valence-electron chi connectivity index (χ0n) is 12.3. The molecule has 2 saturated carbocycles. The molecule has 3 heterocycles. The number of nitrogens with zero attached hydrogens (tertiary/aromatic N) is 1. The predicted octanol–water partition coefficient (Wildman–Crippen LogP) is 1.83. The maximum absolute atomic E-state index is 11.8. The average molecular weight is 279 g/mol. The van der Waals surface area contributed by atoms with Gasteiger partial charge in [-0.2, -0.15) is 0 Å². The fraction of sp³-hybridized carbons (Fsp3) is 0.938. The molecule has 3 aliphatic heterocycles. The molecule has 1 spiro atoms. The van der Waals surface area contributed by atoms with E-state index in [9.17, 15) is 4.79 Å². The summed E-state index contributed by atoms with van der Waals surface area (Å²) < 4.78 is 11.1. The van der Waals surface area contributed by atoms with Crippen LogP contribution in [0.2, 0.25) is 0 Å². The molecule has 5 aliphatic rings. The third-order valence-electron chi connectivity index (χ3n) is 6.28. The highest BCUT2D eigenvalue weighted by molar-refractivity contribution is 5.72. The number of methoxy groups -OCH3 is 1. The zero-order chi connectivity index (χ0) is 13.7. The Morgan fingerprint density at radius 3 is 3.05 bits per heavy atom. The number of hydrogen-bond acceptors (Lipinski definition) is 4. The minimum absolute atomic E-state index is 0.0203. The Morgan fingerprint density at radius 2 is 2.25 bits per heavy atom. The number of piperidine rings is 1. The molecule has 0 amide bonds. The molecule has 0 radical (unpaired) electrons. The number of likely N-dealkylation sites (tertiary alicyclic amines) is 1. The van der Waals surface area contributed by atoms with E-state index in [0.717, 1.165) is 44.4 Å². The minimum atomic E-state index is -0.0203. The molecular formula is C16H25NO3. The molecule has 5 atom stereocenters. The second-order valence-corrected chi connectivity index (χ2v) is 7.18. The van der Waals surface area contributed by atoms with Gasteiger partial charge in [-0.25, -0.2) is 0 Å². The van der Waals surface area contributed by atoms with Gasteiger partial charge in [0.2, 0.25) is 0 Å². The summed E-state index contributed by atoms with van der Waals surface area (Å²) in [5, 5.41) is 0. The number of carbonyl (C=O) groups excluding carboxylic acids is 1. The van der Waals surface area contributed by atoms with Crippen molar-refractivity contribution in [1.29, 1.82) is 0 Å². The molecule has 0 aromatic carbocycles. The first-order valence-electron chi connectivity index (χ1n) is 8.19. The van der Waals surface area contributed by atoms with Crippen molar-refractivity contribution in [3.05, 3.63) is 0 Å². The molecule has 4 heteroatoms. The normalized spacial score (nSPS) is 47.5. The second kappa shape index (κ2) is 4.70. The summed E-state index contributed by atoms with van der Waals surface area (Å²) in [6.45, 7) is 3.03. The van der Waals surface area contributed by atoms with Gasteiger partial charge in [0.25, 0.3) is 0 Å². The zero-order valence-corrected chi connectivity index (χ0v) is 12.3. The molecule has 20 heavy (non-hydrogen) atoms. The summed E-state index contributed by atoms with van der Waals surface area (Å²) in [7, 11) is 1.51. The van der Waals surface area contributed by atoms with Crippen LogP contribution in [-0.2, 0) is 14.3 Å². The lowest BCUT2D eigenvalue weighted by molar-refractivity contribution is -0.150. The highest BCUT2D eigenvalue weighted by Gasteiger charge is 2.64. The highest BCUT2D eigenvalue weighted by atomic mass is 16.5. The van der Waals surface area contributed by atoms with Crippen molar-refractivity contribution in [3.63, 3.8) is 0 Å². The van der Waals surface area contributed by atoms with E-state index in [1.807, 2.05) is 0 Å². The summed E-state index contributed by atoms with van der Waals surface area (Å²) in [6.07, 6.45) is 7.25. The fourth-order valence-corrected chi connectivity index (χ4v) is 5.44. The van der Waals surface area contributed by atoms with Gasteiger partial charge in [0.1, 0.15) is 0 Å². The van der Waals surface area contributed by atoms with Crippen LogP contribution in [-0.4, -0.2) is 49.3 Å². The van der Waals surface area contributed by atoms with E-state index in [-0.39, 0.29) is 17.5 Å². The van der Waals surface area contributed by atoms with E-state index < -0.39 is 0 Å². The summed E-state index contributed by atoms with van der Waals surface area (Å²) >= 11 is 0. The molecular weight excluding hydrogens is 254 g/mol. The van der Waals surface area contributed by atoms with Gasteiger partial charge in [-0.15, -0.1) is 0 Å². The van der Waals surface area contributed by atoms with E-state index in [1.54, 1.807) is 0 Å². The van der Waals surface area contributed by atoms with Crippen LogP contribution >= 0.6 is 0 Å². The van der Waals surface area contributed by atoms with Gasteiger partial charge >= 0.3 is 5.97 Å². The fourth-order valence-electron chi connectivity index (χ4n) is 5.44. The Bertz CT molecular complexity index is 409. The van der Waals surface area contributed by atoms with Crippen LogP contribution < -0.4 is 0 Å². The average Bonchev–Trinajstić information content (AvgIpc) is 3.05. The van der Waals surface area contributed by atoms with Crippen molar-refractivity contribution in [2.24, 2.45) is 17.8 Å². The monoisotopic (exact) mass is 279 g/mol. The third kappa shape index (κ3) is 1.77. The summed E-state index contributed by atoms with van der Waals surface area (Å²) in [5.41, 5.74) is 0.228. The maximum atomic E-state index is 11.8. The quantitative estimate of drug-likeness (QED) is 0.723. The van der Waals surface area contributed by atoms with Crippen molar-refractivity contribution in [3.8, 4) is 0 Å². The lowest BCUT2D eigenvalue weighted by Gasteiger charge is -2.56. The number of ether oxygens (including phenoxy) is 2. The van der Waals surface area contributed by atoms with Gasteiger partial charge in [-0.3, -0.25) is 9.69 Å². The standard InChI is InChI=1S/C16H25NO3/c1-19-15(18)11-4-3-7-17(9-11)13-5-2-6-16-8-12(10-20-16)14(13)16/h11-14H,2-10H2,1H3. The Morgan fingerprint density at radius 1 is 1.35 bits per heavy atom. The SMILES string of the molecule is COC(=O)C1CCCN(C2CCCC34CC(CO3)C24)C1. The van der Waals surface area contributed by atoms with Crippen LogP contribution in [0.1, 0.15) is 38.5 Å². The molecule has 0 aromatic rings. The van der Waals surface area contributed by atoms with Crippen LogP contribution in [0.5, 0.6) is 0 Å². The topological polar surface area (TPSA) is 38.8 Å². The number of fused-ring (bicyclic) bond motifs is 1.